The summed E-state index contributed by atoms with van der Waals surface area (Å²) < 4.78 is 7.61. The fourth-order valence-electron chi connectivity index (χ4n) is 1.59. The third-order valence-electron chi connectivity index (χ3n) is 2.32. The smallest absolute Gasteiger partial charge is 0.245 e. The number of aromatic nitrogens is 5. The Hall–Kier alpha value is -1.96. The Labute approximate surface area is 110 Å². The van der Waals surface area contributed by atoms with Gasteiger partial charge < -0.3 is 14.2 Å². The number of imidazole rings is 1. The Morgan fingerprint density at radius 2 is 2.33 bits per heavy atom. The minimum Gasteiger partial charge on any atom is -0.358 e. The first kappa shape index (κ1) is 11.1. The van der Waals surface area contributed by atoms with Gasteiger partial charge in [0.2, 0.25) is 5.89 Å². The molecule has 3 heterocycles. The van der Waals surface area contributed by atoms with Crippen LogP contribution in [0.15, 0.2) is 27.7 Å². The van der Waals surface area contributed by atoms with Crippen LogP contribution >= 0.6 is 15.9 Å². The molecule has 0 aliphatic rings. The number of anilines is 1. The average molecular weight is 309 g/mol. The van der Waals surface area contributed by atoms with Gasteiger partial charge in [-0.2, -0.15) is 4.98 Å². The van der Waals surface area contributed by atoms with Crippen LogP contribution in [-0.2, 0) is 6.54 Å². The second kappa shape index (κ2) is 4.37. The highest BCUT2D eigenvalue weighted by atomic mass is 79.9. The normalized spacial score (nSPS) is 11.0. The van der Waals surface area contributed by atoms with E-state index in [-0.39, 0.29) is 0 Å². The number of hydrogen-bond donors (Lipinski definition) is 1. The van der Waals surface area contributed by atoms with Gasteiger partial charge in [0.05, 0.1) is 6.54 Å². The van der Waals surface area contributed by atoms with E-state index in [1.54, 1.807) is 13.1 Å². The Kier molecular flexibility index (Phi) is 2.71. The van der Waals surface area contributed by atoms with Crippen molar-refractivity contribution >= 4 is 27.4 Å². The lowest BCUT2D eigenvalue weighted by atomic mass is 10.5. The van der Waals surface area contributed by atoms with Crippen LogP contribution in [0.1, 0.15) is 11.7 Å². The number of fused-ring (bicyclic) bond motifs is 1. The average Bonchev–Trinajstić information content (AvgIpc) is 2.94. The molecule has 8 heteroatoms. The molecule has 3 rings (SSSR count). The molecule has 0 saturated carbocycles. The van der Waals surface area contributed by atoms with E-state index in [0.29, 0.717) is 24.1 Å². The third-order valence-corrected chi connectivity index (χ3v) is 2.70. The summed E-state index contributed by atoms with van der Waals surface area (Å²) in [4.78, 5) is 12.7. The highest BCUT2D eigenvalue weighted by Crippen LogP contribution is 2.17. The first-order valence-corrected chi connectivity index (χ1v) is 6.04. The van der Waals surface area contributed by atoms with Gasteiger partial charge in [0.1, 0.15) is 4.60 Å². The summed E-state index contributed by atoms with van der Waals surface area (Å²) in [6.45, 7) is 2.18. The van der Waals surface area contributed by atoms with Crippen LogP contribution in [0.4, 0.5) is 5.82 Å². The lowest BCUT2D eigenvalue weighted by molar-refractivity contribution is 0.379. The van der Waals surface area contributed by atoms with Crippen molar-refractivity contribution in [3.05, 3.63) is 34.9 Å². The molecule has 0 unspecified atom stereocenters. The van der Waals surface area contributed by atoms with Gasteiger partial charge in [-0.3, -0.25) is 0 Å². The third kappa shape index (κ3) is 2.06. The Bertz CT molecular complexity index is 691. The van der Waals surface area contributed by atoms with E-state index in [1.807, 2.05) is 16.8 Å². The number of hydrogen-bond acceptors (Lipinski definition) is 6. The number of rotatable bonds is 3. The van der Waals surface area contributed by atoms with E-state index in [1.165, 1.54) is 0 Å². The minimum absolute atomic E-state index is 0.410. The summed E-state index contributed by atoms with van der Waals surface area (Å²) >= 11 is 3.35. The van der Waals surface area contributed by atoms with Gasteiger partial charge in [-0.1, -0.05) is 5.16 Å². The van der Waals surface area contributed by atoms with Gasteiger partial charge in [-0.15, -0.1) is 0 Å². The van der Waals surface area contributed by atoms with Crippen molar-refractivity contribution in [1.29, 1.82) is 0 Å². The summed E-state index contributed by atoms with van der Waals surface area (Å²) in [7, 11) is 0. The van der Waals surface area contributed by atoms with E-state index in [9.17, 15) is 0 Å². The van der Waals surface area contributed by atoms with Gasteiger partial charge in [-0.25, -0.2) is 9.97 Å². The number of nitrogens with one attached hydrogen (secondary N) is 1. The van der Waals surface area contributed by atoms with Crippen LogP contribution in [-0.4, -0.2) is 24.5 Å². The minimum atomic E-state index is 0.410. The molecule has 92 valence electrons. The van der Waals surface area contributed by atoms with Gasteiger partial charge in [-0.05, 0) is 22.9 Å². The first-order chi connectivity index (χ1) is 8.72. The van der Waals surface area contributed by atoms with Crippen LogP contribution in [0.25, 0.3) is 5.65 Å². The van der Waals surface area contributed by atoms with Crippen molar-refractivity contribution in [3.63, 3.8) is 0 Å². The summed E-state index contributed by atoms with van der Waals surface area (Å²) in [5.74, 6) is 1.78. The van der Waals surface area contributed by atoms with Gasteiger partial charge in [0, 0.05) is 18.6 Å². The SMILES string of the molecule is Cc1noc(CNc2nc(Br)cn3ccnc23)n1. The molecule has 0 aliphatic heterocycles. The number of nitrogens with zero attached hydrogens (tertiary/aromatic N) is 5. The fourth-order valence-corrected chi connectivity index (χ4v) is 1.99. The molecule has 1 N–H and O–H groups in total. The Morgan fingerprint density at radius 3 is 3.11 bits per heavy atom. The van der Waals surface area contributed by atoms with Gasteiger partial charge in [0.15, 0.2) is 17.3 Å². The van der Waals surface area contributed by atoms with Crippen LogP contribution in [0.3, 0.4) is 0 Å². The number of aryl methyl sites for hydroxylation is 1. The van der Waals surface area contributed by atoms with E-state index in [2.05, 4.69) is 41.4 Å². The molecule has 7 nitrogen and oxygen atoms in total. The maximum Gasteiger partial charge on any atom is 0.245 e. The second-order valence-electron chi connectivity index (χ2n) is 3.66. The molecular formula is C10H9BrN6O. The molecule has 0 atom stereocenters. The lowest BCUT2D eigenvalue weighted by Gasteiger charge is -2.05. The van der Waals surface area contributed by atoms with E-state index in [0.717, 1.165) is 10.3 Å². The molecule has 0 amide bonds. The van der Waals surface area contributed by atoms with Crippen molar-refractivity contribution in [2.75, 3.05) is 5.32 Å². The van der Waals surface area contributed by atoms with Gasteiger partial charge in [0.25, 0.3) is 0 Å². The predicted octanol–water partition coefficient (Wildman–Crippen LogP) is 1.80. The number of halogens is 1. The monoisotopic (exact) mass is 308 g/mol. The summed E-state index contributed by atoms with van der Waals surface area (Å²) in [5.41, 5.74) is 0.745. The molecule has 0 aromatic carbocycles. The first-order valence-electron chi connectivity index (χ1n) is 5.24. The van der Waals surface area contributed by atoms with Crippen LogP contribution in [0, 0.1) is 6.92 Å². The zero-order valence-corrected chi connectivity index (χ0v) is 11.0. The molecule has 0 bridgehead atoms. The van der Waals surface area contributed by atoms with Crippen LogP contribution in [0.2, 0.25) is 0 Å². The molecule has 0 saturated heterocycles. The highest BCUT2D eigenvalue weighted by Gasteiger charge is 2.08. The molecule has 0 fully saturated rings. The highest BCUT2D eigenvalue weighted by molar-refractivity contribution is 9.10. The van der Waals surface area contributed by atoms with E-state index >= 15 is 0 Å². The summed E-state index contributed by atoms with van der Waals surface area (Å²) in [6.07, 6.45) is 5.40. The molecule has 0 spiro atoms. The van der Waals surface area contributed by atoms with Gasteiger partial charge >= 0.3 is 0 Å². The van der Waals surface area contributed by atoms with E-state index in [4.69, 9.17) is 4.52 Å². The largest absolute Gasteiger partial charge is 0.358 e. The van der Waals surface area contributed by atoms with Crippen molar-refractivity contribution < 1.29 is 4.52 Å². The maximum atomic E-state index is 5.02. The van der Waals surface area contributed by atoms with Crippen molar-refractivity contribution in [1.82, 2.24) is 24.5 Å². The molecular weight excluding hydrogens is 300 g/mol. The zero-order chi connectivity index (χ0) is 12.5. The van der Waals surface area contributed by atoms with Crippen molar-refractivity contribution in [2.45, 2.75) is 13.5 Å². The van der Waals surface area contributed by atoms with Crippen molar-refractivity contribution in [3.8, 4) is 0 Å². The Balaban J connectivity index is 1.87. The quantitative estimate of drug-likeness (QED) is 0.794. The molecule has 3 aromatic heterocycles. The van der Waals surface area contributed by atoms with Crippen molar-refractivity contribution in [2.24, 2.45) is 0 Å². The summed E-state index contributed by atoms with van der Waals surface area (Å²) in [6, 6.07) is 0. The maximum absolute atomic E-state index is 5.02. The second-order valence-corrected chi connectivity index (χ2v) is 4.47. The molecule has 3 aromatic rings. The van der Waals surface area contributed by atoms with Crippen LogP contribution < -0.4 is 5.32 Å². The summed E-state index contributed by atoms with van der Waals surface area (Å²) in [5, 5.41) is 6.85. The Morgan fingerprint density at radius 1 is 1.44 bits per heavy atom. The molecule has 18 heavy (non-hydrogen) atoms. The fraction of sp³-hybridized carbons (Fsp3) is 0.200. The van der Waals surface area contributed by atoms with Crippen LogP contribution in [0.5, 0.6) is 0 Å². The molecule has 0 radical (unpaired) electrons. The van der Waals surface area contributed by atoms with E-state index < -0.39 is 0 Å². The topological polar surface area (TPSA) is 81.1 Å². The predicted molar refractivity (Wildman–Crippen MR) is 67.0 cm³/mol. The molecule has 0 aliphatic carbocycles. The standard InChI is InChI=1S/C10H9BrN6O/c1-6-14-8(18-16-6)4-13-9-10-12-2-3-17(10)5-7(11)15-9/h2-3,5H,4H2,1H3,(H,13,15). The lowest BCUT2D eigenvalue weighted by Crippen LogP contribution is -2.04. The zero-order valence-electron chi connectivity index (χ0n) is 9.46.